The van der Waals surface area contributed by atoms with E-state index in [4.69, 9.17) is 21.1 Å². The van der Waals surface area contributed by atoms with E-state index >= 15 is 0 Å². The van der Waals surface area contributed by atoms with Gasteiger partial charge in [0.05, 0.1) is 35.9 Å². The van der Waals surface area contributed by atoms with Gasteiger partial charge >= 0.3 is 0 Å². The number of hydrogen-bond acceptors (Lipinski definition) is 4. The third-order valence-electron chi connectivity index (χ3n) is 3.82. The molecule has 0 radical (unpaired) electrons. The minimum atomic E-state index is -0.0683. The first-order valence-electron chi connectivity index (χ1n) is 6.87. The molecule has 3 heterocycles. The van der Waals surface area contributed by atoms with Crippen LogP contribution in [0.3, 0.4) is 0 Å². The lowest BCUT2D eigenvalue weighted by atomic mass is 10.0. The van der Waals surface area contributed by atoms with Gasteiger partial charge in [0.15, 0.2) is 0 Å². The Morgan fingerprint density at radius 3 is 3.10 bits per heavy atom. The Bertz CT molecular complexity index is 491. The summed E-state index contributed by atoms with van der Waals surface area (Å²) in [4.78, 5) is 18.4. The summed E-state index contributed by atoms with van der Waals surface area (Å²) in [5.74, 6) is -0.0683. The lowest BCUT2D eigenvalue weighted by molar-refractivity contribution is -0.0530. The summed E-state index contributed by atoms with van der Waals surface area (Å²) in [6.07, 6.45) is 5.16. The molecule has 2 aliphatic heterocycles. The van der Waals surface area contributed by atoms with Crippen molar-refractivity contribution in [1.82, 2.24) is 9.88 Å². The van der Waals surface area contributed by atoms with Crippen molar-refractivity contribution in [2.45, 2.75) is 25.0 Å². The molecule has 0 N–H and O–H groups in total. The number of nitrogens with zero attached hydrogens (tertiary/aromatic N) is 2. The maximum atomic E-state index is 12.7. The van der Waals surface area contributed by atoms with E-state index in [1.54, 1.807) is 12.3 Å². The first-order valence-corrected chi connectivity index (χ1v) is 7.25. The molecular formula is C14H17ClN2O3. The largest absolute Gasteiger partial charge is 0.377 e. The number of carbonyl (C=O) groups excluding carboxylic acids is 1. The number of aromatic nitrogens is 1. The molecule has 0 spiro atoms. The van der Waals surface area contributed by atoms with Gasteiger partial charge in [0.25, 0.3) is 5.91 Å². The smallest absolute Gasteiger partial charge is 0.255 e. The highest BCUT2D eigenvalue weighted by atomic mass is 35.5. The minimum absolute atomic E-state index is 0.0250. The zero-order chi connectivity index (χ0) is 13.9. The van der Waals surface area contributed by atoms with Crippen molar-refractivity contribution in [1.29, 1.82) is 0 Å². The van der Waals surface area contributed by atoms with Crippen molar-refractivity contribution < 1.29 is 14.3 Å². The highest BCUT2D eigenvalue weighted by Crippen LogP contribution is 2.25. The molecule has 1 amide bonds. The number of rotatable bonds is 2. The van der Waals surface area contributed by atoms with Crippen LogP contribution in [0.15, 0.2) is 18.5 Å². The fourth-order valence-electron chi connectivity index (χ4n) is 2.79. The second-order valence-electron chi connectivity index (χ2n) is 5.05. The highest BCUT2D eigenvalue weighted by Gasteiger charge is 2.36. The first-order chi connectivity index (χ1) is 9.77. The molecule has 0 bridgehead atoms. The predicted molar refractivity (Wildman–Crippen MR) is 73.9 cm³/mol. The van der Waals surface area contributed by atoms with Gasteiger partial charge in [0.1, 0.15) is 0 Å². The lowest BCUT2D eigenvalue weighted by Gasteiger charge is -2.38. The van der Waals surface area contributed by atoms with Crippen LogP contribution in [-0.4, -0.2) is 54.3 Å². The van der Waals surface area contributed by atoms with Crippen LogP contribution in [-0.2, 0) is 9.47 Å². The maximum Gasteiger partial charge on any atom is 0.255 e. The normalized spacial score (nSPS) is 26.8. The van der Waals surface area contributed by atoms with Crippen molar-refractivity contribution in [2.75, 3.05) is 26.4 Å². The fourth-order valence-corrected chi connectivity index (χ4v) is 2.99. The molecule has 0 aromatic carbocycles. The van der Waals surface area contributed by atoms with Crippen LogP contribution in [0.4, 0.5) is 0 Å². The summed E-state index contributed by atoms with van der Waals surface area (Å²) < 4.78 is 11.2. The van der Waals surface area contributed by atoms with Gasteiger partial charge in [-0.05, 0) is 18.9 Å². The molecule has 3 rings (SSSR count). The van der Waals surface area contributed by atoms with Crippen LogP contribution in [0.25, 0.3) is 0 Å². The van der Waals surface area contributed by atoms with E-state index in [-0.39, 0.29) is 18.1 Å². The summed E-state index contributed by atoms with van der Waals surface area (Å²) in [5, 5.41) is 0.384. The average molecular weight is 297 g/mol. The Morgan fingerprint density at radius 1 is 1.45 bits per heavy atom. The lowest BCUT2D eigenvalue weighted by Crippen LogP contribution is -2.54. The molecular weight excluding hydrogens is 280 g/mol. The van der Waals surface area contributed by atoms with E-state index in [0.29, 0.717) is 30.3 Å². The molecule has 1 aromatic rings. The Hall–Kier alpha value is -1.17. The van der Waals surface area contributed by atoms with Crippen LogP contribution in [0.1, 0.15) is 23.2 Å². The molecule has 0 aliphatic carbocycles. The zero-order valence-electron chi connectivity index (χ0n) is 11.1. The van der Waals surface area contributed by atoms with Crippen molar-refractivity contribution >= 4 is 17.5 Å². The number of ether oxygens (including phenoxy) is 2. The third-order valence-corrected chi connectivity index (χ3v) is 4.12. The molecule has 2 saturated heterocycles. The number of halogens is 1. The molecule has 5 nitrogen and oxygen atoms in total. The van der Waals surface area contributed by atoms with Gasteiger partial charge in [-0.25, -0.2) is 0 Å². The molecule has 2 fully saturated rings. The topological polar surface area (TPSA) is 51.7 Å². The Balaban J connectivity index is 1.82. The van der Waals surface area contributed by atoms with Gasteiger partial charge in [0, 0.05) is 25.5 Å². The Labute approximate surface area is 122 Å². The van der Waals surface area contributed by atoms with Crippen molar-refractivity contribution in [3.05, 3.63) is 29.0 Å². The van der Waals surface area contributed by atoms with Gasteiger partial charge in [-0.2, -0.15) is 0 Å². The minimum Gasteiger partial charge on any atom is -0.377 e. The number of hydrogen-bond donors (Lipinski definition) is 0. The van der Waals surface area contributed by atoms with E-state index in [1.807, 2.05) is 4.90 Å². The molecule has 2 atom stereocenters. The summed E-state index contributed by atoms with van der Waals surface area (Å²) >= 11 is 6.07. The molecule has 20 heavy (non-hydrogen) atoms. The maximum absolute atomic E-state index is 12.7. The Kier molecular flexibility index (Phi) is 4.19. The molecule has 0 saturated carbocycles. The summed E-state index contributed by atoms with van der Waals surface area (Å²) in [7, 11) is 0. The van der Waals surface area contributed by atoms with Crippen LogP contribution < -0.4 is 0 Å². The summed E-state index contributed by atoms with van der Waals surface area (Å²) in [5.41, 5.74) is 0.492. The van der Waals surface area contributed by atoms with Crippen molar-refractivity contribution in [3.63, 3.8) is 0 Å². The molecule has 1 aromatic heterocycles. The Morgan fingerprint density at radius 2 is 2.35 bits per heavy atom. The standard InChI is InChI=1S/C14H17ClN2O3/c15-11-8-16-4-3-10(11)14(18)17-5-7-19-9-12(17)13-2-1-6-20-13/h3-4,8,12-13H,1-2,5-7,9H2/t12-,13+/m1/s1. The first kappa shape index (κ1) is 13.8. The van der Waals surface area contributed by atoms with E-state index in [0.717, 1.165) is 19.4 Å². The van der Waals surface area contributed by atoms with E-state index in [2.05, 4.69) is 4.98 Å². The molecule has 0 unspecified atom stereocenters. The highest BCUT2D eigenvalue weighted by molar-refractivity contribution is 6.33. The average Bonchev–Trinajstić information content (AvgIpc) is 3.01. The van der Waals surface area contributed by atoms with E-state index in [1.165, 1.54) is 6.20 Å². The monoisotopic (exact) mass is 296 g/mol. The quantitative estimate of drug-likeness (QED) is 0.834. The van der Waals surface area contributed by atoms with Crippen LogP contribution in [0, 0.1) is 0 Å². The van der Waals surface area contributed by atoms with Crippen molar-refractivity contribution in [3.8, 4) is 0 Å². The van der Waals surface area contributed by atoms with Gasteiger partial charge in [-0.1, -0.05) is 11.6 Å². The summed E-state index contributed by atoms with van der Waals surface area (Å²) in [6, 6.07) is 1.63. The number of amides is 1. The number of carbonyl (C=O) groups is 1. The second-order valence-corrected chi connectivity index (χ2v) is 5.46. The fraction of sp³-hybridized carbons (Fsp3) is 0.571. The van der Waals surface area contributed by atoms with Gasteiger partial charge in [-0.15, -0.1) is 0 Å². The van der Waals surface area contributed by atoms with E-state index in [9.17, 15) is 4.79 Å². The molecule has 6 heteroatoms. The SMILES string of the molecule is O=C(c1ccncc1Cl)N1CCOC[C@@H]1[C@@H]1CCCO1. The van der Waals surface area contributed by atoms with Gasteiger partial charge < -0.3 is 14.4 Å². The predicted octanol–water partition coefficient (Wildman–Crippen LogP) is 1.75. The summed E-state index contributed by atoms with van der Waals surface area (Å²) in [6.45, 7) is 2.41. The zero-order valence-corrected chi connectivity index (χ0v) is 11.9. The third kappa shape index (κ3) is 2.66. The number of morpholine rings is 1. The molecule has 2 aliphatic rings. The molecule has 108 valence electrons. The van der Waals surface area contributed by atoms with Crippen molar-refractivity contribution in [2.24, 2.45) is 0 Å². The van der Waals surface area contributed by atoms with E-state index < -0.39 is 0 Å². The van der Waals surface area contributed by atoms with Crippen LogP contribution in [0.5, 0.6) is 0 Å². The van der Waals surface area contributed by atoms with Gasteiger partial charge in [-0.3, -0.25) is 9.78 Å². The van der Waals surface area contributed by atoms with Crippen LogP contribution in [0.2, 0.25) is 5.02 Å². The van der Waals surface area contributed by atoms with Crippen LogP contribution >= 0.6 is 11.6 Å². The number of pyridine rings is 1. The second kappa shape index (κ2) is 6.08. The van der Waals surface area contributed by atoms with Gasteiger partial charge in [0.2, 0.25) is 0 Å².